The number of phenolic OH excluding ortho intramolecular Hbond substituents is 4. The Morgan fingerprint density at radius 2 is 0.966 bits per heavy atom. The van der Waals surface area contributed by atoms with Crippen molar-refractivity contribution in [1.82, 2.24) is 0 Å². The molecule has 0 saturated carbocycles. The first-order chi connectivity index (χ1) is 27.8. The molecule has 0 aliphatic carbocycles. The average molecular weight is 858 g/mol. The molecule has 0 fully saturated rings. The number of para-hydroxylation sites is 1. The summed E-state index contributed by atoms with van der Waals surface area (Å²) in [5, 5.41) is 61.7. The van der Waals surface area contributed by atoms with Crippen molar-refractivity contribution in [3.63, 3.8) is 0 Å². The third-order valence-corrected chi connectivity index (χ3v) is 11.4. The summed E-state index contributed by atoms with van der Waals surface area (Å²) >= 11 is 0. The van der Waals surface area contributed by atoms with Gasteiger partial charge in [-0.05, 0) is 94.7 Å². The van der Waals surface area contributed by atoms with Crippen molar-refractivity contribution in [1.29, 1.82) is 0 Å². The fourth-order valence-corrected chi connectivity index (χ4v) is 8.11. The van der Waals surface area contributed by atoms with E-state index in [0.29, 0.717) is 11.3 Å². The van der Waals surface area contributed by atoms with Crippen LogP contribution in [0.2, 0.25) is 0 Å². The molecule has 0 spiro atoms. The van der Waals surface area contributed by atoms with Crippen LogP contribution in [0.1, 0.15) is 0 Å². The predicted molar refractivity (Wildman–Crippen MR) is 214 cm³/mol. The zero-order valence-electron chi connectivity index (χ0n) is 29.6. The minimum Gasteiger partial charge on any atom is -0.506 e. The van der Waals surface area contributed by atoms with Gasteiger partial charge in [0, 0.05) is 22.1 Å². The van der Waals surface area contributed by atoms with Crippen LogP contribution >= 0.6 is 0 Å². The first-order valence-electron chi connectivity index (χ1n) is 16.6. The second-order valence-electron chi connectivity index (χ2n) is 12.7. The molecule has 7 aromatic carbocycles. The van der Waals surface area contributed by atoms with Gasteiger partial charge < -0.3 is 25.7 Å². The highest BCUT2D eigenvalue weighted by molar-refractivity contribution is 7.86. The van der Waals surface area contributed by atoms with Gasteiger partial charge in [-0.3, -0.25) is 13.7 Å². The van der Waals surface area contributed by atoms with Crippen molar-refractivity contribution in [3.8, 4) is 34.1 Å². The van der Waals surface area contributed by atoms with Gasteiger partial charge in [-0.25, -0.2) is 0 Å². The lowest BCUT2D eigenvalue weighted by atomic mass is 10.0. The molecule has 7 rings (SSSR count). The van der Waals surface area contributed by atoms with Gasteiger partial charge in [0.1, 0.15) is 48.9 Å². The summed E-state index contributed by atoms with van der Waals surface area (Å²) in [4.78, 5) is -2.49. The minimum atomic E-state index is -5.09. The fraction of sp³-hybridized carbons (Fsp3) is 0. The highest BCUT2D eigenvalue weighted by Gasteiger charge is 2.26. The molecule has 0 unspecified atom stereocenters. The van der Waals surface area contributed by atoms with E-state index in [4.69, 9.17) is 0 Å². The zero-order valence-corrected chi connectivity index (χ0v) is 32.0. The number of hydrogen-bond donors (Lipinski definition) is 8. The number of hydrogen-bond acceptors (Lipinski definition) is 15. The van der Waals surface area contributed by atoms with E-state index in [0.717, 1.165) is 30.0 Å². The van der Waals surface area contributed by atoms with E-state index >= 15 is 0 Å². The summed E-state index contributed by atoms with van der Waals surface area (Å²) in [6.45, 7) is 0. The SMILES string of the molecule is O=S(=O)(O)c1cc2cc(Nc3ccccc3)ccc2c(O)c1/N=N/c1ccc(-c2ccc(/N=N/c3c(S(=O)(=O)O)cc4cccc(S(=O)(=O)O)c4c3O)c(O)c2)cc1O. The molecule has 0 aliphatic rings. The molecule has 0 saturated heterocycles. The number of nitrogens with one attached hydrogen (secondary N) is 1. The number of nitrogens with zero attached hydrogens (tertiary/aromatic N) is 4. The first kappa shape index (κ1) is 40.2. The van der Waals surface area contributed by atoms with E-state index in [2.05, 4.69) is 25.8 Å². The molecule has 0 heterocycles. The Hall–Kier alpha value is -7.01. The summed E-state index contributed by atoms with van der Waals surface area (Å²) in [6, 6.07) is 26.8. The summed E-state index contributed by atoms with van der Waals surface area (Å²) in [6.07, 6.45) is 0. The molecular weight excluding hydrogens is 831 g/mol. The van der Waals surface area contributed by atoms with Gasteiger partial charge in [0.2, 0.25) is 0 Å². The van der Waals surface area contributed by atoms with Crippen LogP contribution in [0.4, 0.5) is 34.1 Å². The number of azo groups is 2. The fourth-order valence-electron chi connectivity index (χ4n) is 6.07. The van der Waals surface area contributed by atoms with Gasteiger partial charge in [-0.1, -0.05) is 42.5 Å². The molecule has 7 aromatic rings. The number of phenols is 4. The van der Waals surface area contributed by atoms with Gasteiger partial charge in [-0.2, -0.15) is 25.3 Å². The van der Waals surface area contributed by atoms with Crippen molar-refractivity contribution in [2.75, 3.05) is 5.32 Å². The Kier molecular flexibility index (Phi) is 10.3. The Labute approximate surface area is 334 Å². The van der Waals surface area contributed by atoms with Gasteiger partial charge >= 0.3 is 0 Å². The number of rotatable bonds is 10. The van der Waals surface area contributed by atoms with Crippen molar-refractivity contribution < 1.29 is 59.3 Å². The lowest BCUT2D eigenvalue weighted by molar-refractivity contribution is 0.469. The minimum absolute atomic E-state index is 0.187. The van der Waals surface area contributed by atoms with Crippen molar-refractivity contribution in [3.05, 3.63) is 115 Å². The van der Waals surface area contributed by atoms with Crippen LogP contribution in [0.25, 0.3) is 32.7 Å². The van der Waals surface area contributed by atoms with E-state index in [1.165, 1.54) is 48.5 Å². The van der Waals surface area contributed by atoms with E-state index in [9.17, 15) is 59.3 Å². The Morgan fingerprint density at radius 1 is 0.441 bits per heavy atom. The maximum absolute atomic E-state index is 12.4. The lowest BCUT2D eigenvalue weighted by Gasteiger charge is -2.12. The Balaban J connectivity index is 1.18. The Bertz CT molecular complexity index is 3270. The largest absolute Gasteiger partial charge is 0.506 e. The summed E-state index contributed by atoms with van der Waals surface area (Å²) < 4.78 is 103. The zero-order chi connectivity index (χ0) is 42.4. The molecule has 0 bridgehead atoms. The molecular formula is C38H27N5O13S3. The third-order valence-electron chi connectivity index (χ3n) is 8.79. The van der Waals surface area contributed by atoms with E-state index in [1.54, 1.807) is 12.1 Å². The topological polar surface area (TPSA) is 306 Å². The quantitative estimate of drug-likeness (QED) is 0.0471. The maximum Gasteiger partial charge on any atom is 0.296 e. The molecule has 0 amide bonds. The summed E-state index contributed by atoms with van der Waals surface area (Å²) in [5.74, 6) is -2.70. The third kappa shape index (κ3) is 8.22. The molecule has 0 aliphatic heterocycles. The van der Waals surface area contributed by atoms with Crippen LogP contribution in [0, 0.1) is 0 Å². The molecule has 8 N–H and O–H groups in total. The first-order valence-corrected chi connectivity index (χ1v) is 20.9. The van der Waals surface area contributed by atoms with Gasteiger partial charge in [0.05, 0.1) is 0 Å². The van der Waals surface area contributed by atoms with Crippen molar-refractivity contribution in [2.24, 2.45) is 20.5 Å². The van der Waals surface area contributed by atoms with E-state index in [1.807, 2.05) is 30.3 Å². The highest BCUT2D eigenvalue weighted by Crippen LogP contribution is 2.46. The summed E-state index contributed by atoms with van der Waals surface area (Å²) in [7, 11) is -15.0. The molecule has 59 heavy (non-hydrogen) atoms. The number of anilines is 2. The van der Waals surface area contributed by atoms with Crippen LogP contribution in [0.3, 0.4) is 0 Å². The van der Waals surface area contributed by atoms with Crippen molar-refractivity contribution in [2.45, 2.75) is 14.7 Å². The highest BCUT2D eigenvalue weighted by atomic mass is 32.2. The van der Waals surface area contributed by atoms with Crippen LogP contribution in [-0.4, -0.2) is 59.3 Å². The maximum atomic E-state index is 12.4. The van der Waals surface area contributed by atoms with Crippen LogP contribution < -0.4 is 5.32 Å². The van der Waals surface area contributed by atoms with E-state index < -0.39 is 84.8 Å². The standard InChI is InChI=1S/C38H27N5O13S3/c44-29-16-20(9-13-27(29)40-42-35-33(59(54,55)56)19-23-15-25(11-12-26(23)37(35)46)39-24-6-2-1-3-7-24)21-10-14-28(30(45)17-21)41-43-36-32(58(51,52)53)18-22-5-4-8-31(57(48,49)50)34(22)38(36)47/h1-19,39,44-47H,(H,48,49,50)(H,51,52,53)(H,54,55,56)/b42-40+,43-41+. The molecule has 0 aromatic heterocycles. The molecule has 300 valence electrons. The van der Waals surface area contributed by atoms with Gasteiger partial charge in [0.15, 0.2) is 11.5 Å². The monoisotopic (exact) mass is 857 g/mol. The molecule has 18 nitrogen and oxygen atoms in total. The Morgan fingerprint density at radius 3 is 1.49 bits per heavy atom. The van der Waals surface area contributed by atoms with Gasteiger partial charge in [0.25, 0.3) is 30.4 Å². The summed E-state index contributed by atoms with van der Waals surface area (Å²) in [5.41, 5.74) is -0.0839. The predicted octanol–water partition coefficient (Wildman–Crippen LogP) is 8.80. The van der Waals surface area contributed by atoms with Gasteiger partial charge in [-0.15, -0.1) is 20.5 Å². The molecule has 21 heteroatoms. The number of fused-ring (bicyclic) bond motifs is 2. The van der Waals surface area contributed by atoms with Crippen LogP contribution in [0.15, 0.2) is 150 Å². The smallest absolute Gasteiger partial charge is 0.296 e. The van der Waals surface area contributed by atoms with E-state index in [-0.39, 0.29) is 33.1 Å². The lowest BCUT2D eigenvalue weighted by Crippen LogP contribution is -2.02. The number of benzene rings is 7. The number of aromatic hydroxyl groups is 4. The van der Waals surface area contributed by atoms with Crippen LogP contribution in [-0.2, 0) is 30.4 Å². The molecule has 0 radical (unpaired) electrons. The van der Waals surface area contributed by atoms with Crippen molar-refractivity contribution >= 4 is 86.0 Å². The molecule has 0 atom stereocenters. The van der Waals surface area contributed by atoms with Crippen LogP contribution in [0.5, 0.6) is 23.0 Å². The average Bonchev–Trinajstić information content (AvgIpc) is 3.17. The normalized spacial score (nSPS) is 12.5. The second-order valence-corrected chi connectivity index (χ2v) is 16.8. The second kappa shape index (κ2) is 15.1.